The lowest BCUT2D eigenvalue weighted by Gasteiger charge is -2.13. The van der Waals surface area contributed by atoms with Crippen molar-refractivity contribution in [3.63, 3.8) is 0 Å². The maximum atomic E-state index is 5.95. The smallest absolute Gasteiger partial charge is 0.122 e. The van der Waals surface area contributed by atoms with Gasteiger partial charge in [-0.1, -0.05) is 29.8 Å². The standard InChI is InChI=1S/C15H18ClNOS/c1-11(14-7-8-15(16)19-14)17-10-9-12-5-3-4-6-13(12)18-2/h3-8,11,17H,9-10H2,1-2H3. The largest absolute Gasteiger partial charge is 0.496 e. The summed E-state index contributed by atoms with van der Waals surface area (Å²) in [5.74, 6) is 0.955. The zero-order valence-electron chi connectivity index (χ0n) is 11.2. The molecule has 0 bridgehead atoms. The van der Waals surface area contributed by atoms with Gasteiger partial charge < -0.3 is 10.1 Å². The molecule has 1 heterocycles. The van der Waals surface area contributed by atoms with Crippen molar-refractivity contribution in [2.45, 2.75) is 19.4 Å². The van der Waals surface area contributed by atoms with E-state index in [0.717, 1.165) is 23.1 Å². The first-order valence-electron chi connectivity index (χ1n) is 6.31. The average Bonchev–Trinajstić information content (AvgIpc) is 2.86. The molecule has 102 valence electrons. The highest BCUT2D eigenvalue weighted by atomic mass is 35.5. The molecular weight excluding hydrogens is 278 g/mol. The van der Waals surface area contributed by atoms with Crippen molar-refractivity contribution in [2.75, 3.05) is 13.7 Å². The minimum Gasteiger partial charge on any atom is -0.496 e. The summed E-state index contributed by atoms with van der Waals surface area (Å²) in [6, 6.07) is 12.5. The highest BCUT2D eigenvalue weighted by Crippen LogP contribution is 2.26. The second-order valence-corrected chi connectivity index (χ2v) is 6.13. The van der Waals surface area contributed by atoms with E-state index < -0.39 is 0 Å². The predicted octanol–water partition coefficient (Wildman–Crippen LogP) is 4.30. The van der Waals surface area contributed by atoms with Crippen LogP contribution in [0, 0.1) is 0 Å². The van der Waals surface area contributed by atoms with Crippen LogP contribution in [0.5, 0.6) is 5.75 Å². The maximum Gasteiger partial charge on any atom is 0.122 e. The van der Waals surface area contributed by atoms with E-state index in [0.29, 0.717) is 6.04 Å². The van der Waals surface area contributed by atoms with Crippen LogP contribution in [-0.2, 0) is 6.42 Å². The summed E-state index contributed by atoms with van der Waals surface area (Å²) < 4.78 is 6.19. The van der Waals surface area contributed by atoms with Gasteiger partial charge in [0.25, 0.3) is 0 Å². The highest BCUT2D eigenvalue weighted by Gasteiger charge is 2.08. The predicted molar refractivity (Wildman–Crippen MR) is 82.4 cm³/mol. The summed E-state index contributed by atoms with van der Waals surface area (Å²) in [4.78, 5) is 1.27. The van der Waals surface area contributed by atoms with E-state index in [9.17, 15) is 0 Å². The third-order valence-corrected chi connectivity index (χ3v) is 4.47. The number of nitrogens with one attached hydrogen (secondary N) is 1. The molecule has 19 heavy (non-hydrogen) atoms. The molecule has 0 aliphatic carbocycles. The van der Waals surface area contributed by atoms with Crippen LogP contribution in [0.2, 0.25) is 4.34 Å². The van der Waals surface area contributed by atoms with Gasteiger partial charge in [0.05, 0.1) is 11.4 Å². The normalized spacial score (nSPS) is 12.4. The van der Waals surface area contributed by atoms with Crippen LogP contribution in [0.25, 0.3) is 0 Å². The first-order chi connectivity index (χ1) is 9.20. The molecule has 2 aromatic rings. The van der Waals surface area contributed by atoms with Crippen LogP contribution in [0.4, 0.5) is 0 Å². The first kappa shape index (κ1) is 14.4. The molecule has 4 heteroatoms. The van der Waals surface area contributed by atoms with Crippen LogP contribution >= 0.6 is 22.9 Å². The lowest BCUT2D eigenvalue weighted by Crippen LogP contribution is -2.20. The summed E-state index contributed by atoms with van der Waals surface area (Å²) in [5.41, 5.74) is 1.23. The minimum atomic E-state index is 0.326. The van der Waals surface area contributed by atoms with Gasteiger partial charge >= 0.3 is 0 Å². The topological polar surface area (TPSA) is 21.3 Å². The van der Waals surface area contributed by atoms with Crippen LogP contribution in [-0.4, -0.2) is 13.7 Å². The number of methoxy groups -OCH3 is 1. The monoisotopic (exact) mass is 295 g/mol. The van der Waals surface area contributed by atoms with Gasteiger partial charge in [-0.2, -0.15) is 0 Å². The van der Waals surface area contributed by atoms with Gasteiger partial charge in [-0.05, 0) is 43.7 Å². The Labute approximate surface area is 123 Å². The molecule has 0 aliphatic rings. The second kappa shape index (κ2) is 6.94. The Hall–Kier alpha value is -1.03. The van der Waals surface area contributed by atoms with Gasteiger partial charge in [0.2, 0.25) is 0 Å². The Morgan fingerprint density at radius 2 is 2.05 bits per heavy atom. The van der Waals surface area contributed by atoms with Crippen molar-refractivity contribution in [3.05, 3.63) is 51.2 Å². The molecule has 1 aromatic heterocycles. The molecular formula is C15H18ClNOS. The fourth-order valence-corrected chi connectivity index (χ4v) is 3.08. The number of rotatable bonds is 6. The molecule has 0 amide bonds. The summed E-state index contributed by atoms with van der Waals surface area (Å²) in [5, 5.41) is 3.51. The van der Waals surface area contributed by atoms with E-state index in [1.54, 1.807) is 18.4 Å². The fraction of sp³-hybridized carbons (Fsp3) is 0.333. The number of thiophene rings is 1. The molecule has 1 unspecified atom stereocenters. The molecule has 2 nitrogen and oxygen atoms in total. The molecule has 0 aliphatic heterocycles. The van der Waals surface area contributed by atoms with Crippen molar-refractivity contribution in [1.29, 1.82) is 0 Å². The molecule has 0 spiro atoms. The van der Waals surface area contributed by atoms with E-state index in [1.807, 2.05) is 24.3 Å². The molecule has 0 fully saturated rings. The van der Waals surface area contributed by atoms with E-state index in [4.69, 9.17) is 16.3 Å². The summed E-state index contributed by atoms with van der Waals surface area (Å²) in [6.45, 7) is 3.07. The van der Waals surface area contributed by atoms with Crippen molar-refractivity contribution in [1.82, 2.24) is 5.32 Å². The van der Waals surface area contributed by atoms with E-state index in [1.165, 1.54) is 10.4 Å². The lowest BCUT2D eigenvalue weighted by molar-refractivity contribution is 0.408. The minimum absolute atomic E-state index is 0.326. The molecule has 1 atom stereocenters. The van der Waals surface area contributed by atoms with E-state index in [2.05, 4.69) is 24.4 Å². The maximum absolute atomic E-state index is 5.95. The SMILES string of the molecule is COc1ccccc1CCNC(C)c1ccc(Cl)s1. The number of ether oxygens (including phenoxy) is 1. The van der Waals surface area contributed by atoms with Crippen molar-refractivity contribution in [3.8, 4) is 5.75 Å². The average molecular weight is 296 g/mol. The quantitative estimate of drug-likeness (QED) is 0.858. The second-order valence-electron chi connectivity index (χ2n) is 4.38. The third kappa shape index (κ3) is 3.96. The number of para-hydroxylation sites is 1. The Morgan fingerprint density at radius 3 is 2.74 bits per heavy atom. The molecule has 0 saturated heterocycles. The first-order valence-corrected chi connectivity index (χ1v) is 7.50. The van der Waals surface area contributed by atoms with Crippen LogP contribution < -0.4 is 10.1 Å². The van der Waals surface area contributed by atoms with Gasteiger partial charge in [-0.15, -0.1) is 11.3 Å². The zero-order chi connectivity index (χ0) is 13.7. The molecule has 0 radical (unpaired) electrons. The fourth-order valence-electron chi connectivity index (χ4n) is 1.99. The van der Waals surface area contributed by atoms with Crippen LogP contribution in [0.15, 0.2) is 36.4 Å². The van der Waals surface area contributed by atoms with Gasteiger partial charge in [-0.3, -0.25) is 0 Å². The summed E-state index contributed by atoms with van der Waals surface area (Å²) in [7, 11) is 1.71. The Balaban J connectivity index is 1.86. The number of hydrogen-bond acceptors (Lipinski definition) is 3. The zero-order valence-corrected chi connectivity index (χ0v) is 12.7. The van der Waals surface area contributed by atoms with Gasteiger partial charge in [0.1, 0.15) is 5.75 Å². The van der Waals surface area contributed by atoms with Crippen molar-refractivity contribution in [2.24, 2.45) is 0 Å². The van der Waals surface area contributed by atoms with Crippen LogP contribution in [0.1, 0.15) is 23.4 Å². The molecule has 0 saturated carbocycles. The van der Waals surface area contributed by atoms with Gasteiger partial charge in [-0.25, -0.2) is 0 Å². The van der Waals surface area contributed by atoms with Crippen molar-refractivity contribution < 1.29 is 4.74 Å². The van der Waals surface area contributed by atoms with E-state index in [-0.39, 0.29) is 0 Å². The Bertz CT molecular complexity index is 526. The number of halogens is 1. The van der Waals surface area contributed by atoms with Gasteiger partial charge in [0, 0.05) is 10.9 Å². The lowest BCUT2D eigenvalue weighted by atomic mass is 10.1. The Morgan fingerprint density at radius 1 is 1.26 bits per heavy atom. The number of hydrogen-bond donors (Lipinski definition) is 1. The third-order valence-electron chi connectivity index (χ3n) is 3.06. The molecule has 1 N–H and O–H groups in total. The van der Waals surface area contributed by atoms with E-state index >= 15 is 0 Å². The molecule has 2 rings (SSSR count). The number of benzene rings is 1. The van der Waals surface area contributed by atoms with Crippen LogP contribution in [0.3, 0.4) is 0 Å². The summed E-state index contributed by atoms with van der Waals surface area (Å²) >= 11 is 7.58. The Kier molecular flexibility index (Phi) is 5.25. The summed E-state index contributed by atoms with van der Waals surface area (Å²) in [6.07, 6.45) is 0.952. The molecule has 1 aromatic carbocycles. The highest BCUT2D eigenvalue weighted by molar-refractivity contribution is 7.16. The van der Waals surface area contributed by atoms with Crippen molar-refractivity contribution >= 4 is 22.9 Å². The van der Waals surface area contributed by atoms with Gasteiger partial charge in [0.15, 0.2) is 0 Å².